The van der Waals surface area contributed by atoms with E-state index in [0.29, 0.717) is 0 Å². The molecule has 1 unspecified atom stereocenters. The van der Waals surface area contributed by atoms with Crippen LogP contribution in [0.5, 0.6) is 0 Å². The second-order valence-corrected chi connectivity index (χ2v) is 10.9. The predicted octanol–water partition coefficient (Wildman–Crippen LogP) is 1.71. The Morgan fingerprint density at radius 3 is 3.29 bits per heavy atom. The van der Waals surface area contributed by atoms with E-state index in [1.807, 2.05) is 3.08 Å². The molecule has 1 heteroatoms. The van der Waals surface area contributed by atoms with Crippen molar-refractivity contribution in [2.45, 2.75) is 9.85 Å². The van der Waals surface area contributed by atoms with Gasteiger partial charge in [0.1, 0.15) is 0 Å². The summed E-state index contributed by atoms with van der Waals surface area (Å²) in [5.41, 5.74) is 0. The summed E-state index contributed by atoms with van der Waals surface area (Å²) in [5.74, 6) is 0. The minimum atomic E-state index is -0.260. The Kier molecular flexibility index (Phi) is 0.889. The molecule has 0 bridgehead atoms. The van der Waals surface area contributed by atoms with Crippen LogP contribution in [0.25, 0.3) is 0 Å². The molecule has 0 radical (unpaired) electrons. The van der Waals surface area contributed by atoms with Crippen molar-refractivity contribution in [1.82, 2.24) is 0 Å². The van der Waals surface area contributed by atoms with E-state index in [1.54, 1.807) is 0 Å². The zero-order valence-corrected chi connectivity index (χ0v) is 9.72. The molecule has 32 valence electrons. The van der Waals surface area contributed by atoms with Gasteiger partial charge in [-0.25, -0.2) is 0 Å². The zero-order chi connectivity index (χ0) is 4.69. The van der Waals surface area contributed by atoms with Gasteiger partial charge in [-0.3, -0.25) is 0 Å². The summed E-state index contributed by atoms with van der Waals surface area (Å²) in [6.45, 7) is 0. The molecule has 0 nitrogen and oxygen atoms in total. The van der Waals surface area contributed by atoms with Gasteiger partial charge in [-0.05, 0) is 0 Å². The fourth-order valence-electron chi connectivity index (χ4n) is 1.10. The van der Waals surface area contributed by atoms with E-state index < -0.39 is 0 Å². The summed E-state index contributed by atoms with van der Waals surface area (Å²) in [5, 5.41) is 0. The molecular formula is C6H6Hg. The summed E-state index contributed by atoms with van der Waals surface area (Å²) in [7, 11) is 0. The summed E-state index contributed by atoms with van der Waals surface area (Å²) < 4.78 is 3.09. The van der Waals surface area contributed by atoms with Crippen LogP contribution in [-0.2, 0) is 24.6 Å². The topological polar surface area (TPSA) is 0 Å². The first-order valence-electron chi connectivity index (χ1n) is 2.82. The van der Waals surface area contributed by atoms with Crippen molar-refractivity contribution in [2.75, 3.05) is 0 Å². The molecule has 2 aliphatic rings. The van der Waals surface area contributed by atoms with Gasteiger partial charge in [-0.15, -0.1) is 0 Å². The van der Waals surface area contributed by atoms with E-state index in [2.05, 4.69) is 18.2 Å². The van der Waals surface area contributed by atoms with E-state index in [1.165, 1.54) is 9.85 Å². The van der Waals surface area contributed by atoms with Crippen LogP contribution in [0.1, 0.15) is 6.42 Å². The molecule has 1 saturated heterocycles. The molecule has 2 rings (SSSR count). The minimum absolute atomic E-state index is 0.260. The summed E-state index contributed by atoms with van der Waals surface area (Å²) in [6, 6.07) is 0. The molecule has 0 aromatic heterocycles. The number of rotatable bonds is 0. The van der Waals surface area contributed by atoms with Gasteiger partial charge in [-0.2, -0.15) is 0 Å². The Balaban J connectivity index is 2.31. The Morgan fingerprint density at radius 2 is 2.71 bits per heavy atom. The predicted molar refractivity (Wildman–Crippen MR) is 25.6 cm³/mol. The zero-order valence-electron chi connectivity index (χ0n) is 4.22. The second kappa shape index (κ2) is 1.44. The van der Waals surface area contributed by atoms with Crippen molar-refractivity contribution in [2.24, 2.45) is 0 Å². The van der Waals surface area contributed by atoms with Gasteiger partial charge in [0.2, 0.25) is 0 Å². The van der Waals surface area contributed by atoms with Crippen LogP contribution in [0.2, 0.25) is 3.43 Å². The number of hydrogen-bond donors (Lipinski definition) is 0. The van der Waals surface area contributed by atoms with E-state index >= 15 is 0 Å². The molecule has 0 aromatic rings. The third-order valence-electron chi connectivity index (χ3n) is 1.71. The molecule has 0 N–H and O–H groups in total. The van der Waals surface area contributed by atoms with E-state index in [9.17, 15) is 0 Å². The van der Waals surface area contributed by atoms with Gasteiger partial charge in [0.25, 0.3) is 0 Å². The van der Waals surface area contributed by atoms with Crippen LogP contribution in [-0.4, -0.2) is 0 Å². The number of allylic oxidation sites excluding steroid dienone is 4. The number of hydrogen-bond acceptors (Lipinski definition) is 0. The summed E-state index contributed by atoms with van der Waals surface area (Å²) in [4.78, 5) is 0. The van der Waals surface area contributed by atoms with Gasteiger partial charge in [0, 0.05) is 0 Å². The maximum absolute atomic E-state index is 2.34. The summed E-state index contributed by atoms with van der Waals surface area (Å²) >= 11 is -0.260. The van der Waals surface area contributed by atoms with E-state index in [-0.39, 0.29) is 24.6 Å². The molecule has 1 aliphatic heterocycles. The fraction of sp³-hybridized carbons (Fsp3) is 0.333. The van der Waals surface area contributed by atoms with Crippen molar-refractivity contribution < 1.29 is 24.6 Å². The van der Waals surface area contributed by atoms with Crippen LogP contribution in [0, 0.1) is 0 Å². The molecule has 1 fully saturated rings. The molecule has 0 aromatic carbocycles. The standard InChI is InChI=1S/C6H6.Hg/c1-2-4-6-5-3-1;/h1-3,6H,4H2;. The first kappa shape index (κ1) is 4.31. The Labute approximate surface area is 55.7 Å². The maximum atomic E-state index is 2.34. The number of fused-ring (bicyclic) bond motifs is 1. The van der Waals surface area contributed by atoms with E-state index in [4.69, 9.17) is 0 Å². The van der Waals surface area contributed by atoms with Crippen LogP contribution in [0.3, 0.4) is 0 Å². The molecule has 0 amide bonds. The van der Waals surface area contributed by atoms with Crippen molar-refractivity contribution >= 4 is 0 Å². The summed E-state index contributed by atoms with van der Waals surface area (Å²) in [6.07, 6.45) is 8.28. The van der Waals surface area contributed by atoms with E-state index in [0.717, 1.165) is 0 Å². The first-order chi connectivity index (χ1) is 3.47. The van der Waals surface area contributed by atoms with Crippen LogP contribution >= 0.6 is 0 Å². The SMILES string of the molecule is C1=CC[CH]2[Hg][C]2=C1. The van der Waals surface area contributed by atoms with Gasteiger partial charge in [-0.1, -0.05) is 0 Å². The fourth-order valence-corrected chi connectivity index (χ4v) is 6.48. The van der Waals surface area contributed by atoms with Gasteiger partial charge >= 0.3 is 55.7 Å². The third kappa shape index (κ3) is 0.695. The van der Waals surface area contributed by atoms with Crippen LogP contribution < -0.4 is 0 Å². The van der Waals surface area contributed by atoms with Crippen molar-refractivity contribution in [3.8, 4) is 0 Å². The van der Waals surface area contributed by atoms with Crippen molar-refractivity contribution in [3.63, 3.8) is 0 Å². The quantitative estimate of drug-likeness (QED) is 0.592. The third-order valence-corrected chi connectivity index (χ3v) is 9.59. The second-order valence-electron chi connectivity index (χ2n) is 2.31. The molecule has 1 aliphatic carbocycles. The molecule has 0 saturated carbocycles. The Morgan fingerprint density at radius 1 is 1.71 bits per heavy atom. The molecule has 7 heavy (non-hydrogen) atoms. The van der Waals surface area contributed by atoms with Crippen molar-refractivity contribution in [3.05, 3.63) is 21.3 Å². The monoisotopic (exact) mass is 280 g/mol. The molecular weight excluding hydrogens is 273 g/mol. The van der Waals surface area contributed by atoms with Gasteiger partial charge in [0.15, 0.2) is 0 Å². The van der Waals surface area contributed by atoms with Crippen LogP contribution in [0.4, 0.5) is 0 Å². The molecule has 1 atom stereocenters. The average molecular weight is 279 g/mol. The van der Waals surface area contributed by atoms with Crippen LogP contribution in [0.15, 0.2) is 21.3 Å². The average Bonchev–Trinajstić information content (AvgIpc) is 2.41. The van der Waals surface area contributed by atoms with Gasteiger partial charge < -0.3 is 0 Å². The molecule has 1 heterocycles. The molecule has 0 spiro atoms. The first-order valence-corrected chi connectivity index (χ1v) is 8.75. The van der Waals surface area contributed by atoms with Crippen molar-refractivity contribution in [1.29, 1.82) is 0 Å². The Hall–Kier alpha value is 0.415. The Bertz CT molecular complexity index is 144. The van der Waals surface area contributed by atoms with Gasteiger partial charge in [0.05, 0.1) is 0 Å². The normalized spacial score (nSPS) is 32.0.